The molecule has 0 spiro atoms. The highest BCUT2D eigenvalue weighted by Crippen LogP contribution is 2.28. The van der Waals surface area contributed by atoms with Gasteiger partial charge >= 0.3 is 5.97 Å². The first-order valence-corrected chi connectivity index (χ1v) is 7.80. The van der Waals surface area contributed by atoms with Gasteiger partial charge < -0.3 is 15.2 Å². The van der Waals surface area contributed by atoms with Crippen LogP contribution in [0.3, 0.4) is 0 Å². The second-order valence-corrected chi connectivity index (χ2v) is 5.51. The Kier molecular flexibility index (Phi) is 5.12. The zero-order valence-electron chi connectivity index (χ0n) is 13.8. The van der Waals surface area contributed by atoms with Gasteiger partial charge in [-0.3, -0.25) is 4.79 Å². The van der Waals surface area contributed by atoms with Gasteiger partial charge in [0.15, 0.2) is 11.6 Å². The largest absolute Gasteiger partial charge is 0.478 e. The van der Waals surface area contributed by atoms with Crippen LogP contribution in [0.4, 0.5) is 14.5 Å². The van der Waals surface area contributed by atoms with Gasteiger partial charge in [0.1, 0.15) is 11.5 Å². The molecule has 2 N–H and O–H groups in total. The van der Waals surface area contributed by atoms with Gasteiger partial charge in [0, 0.05) is 17.7 Å². The lowest BCUT2D eigenvalue weighted by Gasteiger charge is -2.12. The quantitative estimate of drug-likeness (QED) is 0.683. The van der Waals surface area contributed by atoms with E-state index in [0.717, 1.165) is 12.1 Å². The van der Waals surface area contributed by atoms with E-state index in [1.807, 2.05) is 0 Å². The van der Waals surface area contributed by atoms with Crippen LogP contribution in [0.5, 0.6) is 11.5 Å². The highest BCUT2D eigenvalue weighted by molar-refractivity contribution is 6.07. The van der Waals surface area contributed by atoms with E-state index >= 15 is 0 Å². The molecule has 0 aromatic heterocycles. The monoisotopic (exact) mass is 369 g/mol. The van der Waals surface area contributed by atoms with Gasteiger partial charge in [0.25, 0.3) is 5.91 Å². The van der Waals surface area contributed by atoms with Crippen LogP contribution in [-0.2, 0) is 0 Å². The maximum atomic E-state index is 13.3. The number of rotatable bonds is 5. The molecule has 0 aliphatic rings. The lowest BCUT2D eigenvalue weighted by Crippen LogP contribution is -2.14. The summed E-state index contributed by atoms with van der Waals surface area (Å²) in [4.78, 5) is 23.7. The van der Waals surface area contributed by atoms with Gasteiger partial charge in [-0.1, -0.05) is 18.2 Å². The predicted octanol–water partition coefficient (Wildman–Crippen LogP) is 4.71. The number of carboxylic acid groups (broad SMARTS) is 1. The molecule has 0 aliphatic carbocycles. The summed E-state index contributed by atoms with van der Waals surface area (Å²) in [7, 11) is 0. The van der Waals surface area contributed by atoms with Gasteiger partial charge in [-0.25, -0.2) is 13.6 Å². The van der Waals surface area contributed by atoms with Crippen LogP contribution < -0.4 is 10.1 Å². The number of hydrogen-bond acceptors (Lipinski definition) is 3. The third-order valence-corrected chi connectivity index (χ3v) is 3.63. The fourth-order valence-corrected chi connectivity index (χ4v) is 2.34. The summed E-state index contributed by atoms with van der Waals surface area (Å²) in [5.41, 5.74) is 0.217. The molecule has 0 heterocycles. The fraction of sp³-hybridized carbons (Fsp3) is 0. The molecule has 7 heteroatoms. The summed E-state index contributed by atoms with van der Waals surface area (Å²) in [5, 5.41) is 11.8. The van der Waals surface area contributed by atoms with Crippen LogP contribution in [0.25, 0.3) is 0 Å². The SMILES string of the molecule is O=C(Nc1cc(Oc2ccc(F)c(F)c2)ccc1C(=O)O)c1ccccc1. The molecule has 3 aromatic carbocycles. The first-order chi connectivity index (χ1) is 12.9. The van der Waals surface area contributed by atoms with Crippen molar-refractivity contribution < 1.29 is 28.2 Å². The van der Waals surface area contributed by atoms with Crippen LogP contribution in [0.15, 0.2) is 66.7 Å². The number of nitrogens with one attached hydrogen (secondary N) is 1. The average molecular weight is 369 g/mol. The van der Waals surface area contributed by atoms with Gasteiger partial charge in [-0.2, -0.15) is 0 Å². The molecule has 3 aromatic rings. The Balaban J connectivity index is 1.89. The van der Waals surface area contributed by atoms with E-state index in [-0.39, 0.29) is 22.7 Å². The maximum absolute atomic E-state index is 13.3. The number of anilines is 1. The summed E-state index contributed by atoms with van der Waals surface area (Å²) >= 11 is 0. The smallest absolute Gasteiger partial charge is 0.337 e. The molecule has 5 nitrogen and oxygen atoms in total. The molecule has 0 bridgehead atoms. The van der Waals surface area contributed by atoms with E-state index in [4.69, 9.17) is 4.74 Å². The van der Waals surface area contributed by atoms with Crippen molar-refractivity contribution >= 4 is 17.6 Å². The number of carboxylic acids is 1. The van der Waals surface area contributed by atoms with Crippen LogP contribution in [0, 0.1) is 11.6 Å². The average Bonchev–Trinajstić information content (AvgIpc) is 2.65. The Labute approximate surface area is 152 Å². The number of halogens is 2. The van der Waals surface area contributed by atoms with Gasteiger partial charge in [0.05, 0.1) is 11.3 Å². The standard InChI is InChI=1S/C20H13F2NO4/c21-16-9-7-13(10-17(16)22)27-14-6-8-15(20(25)26)18(11-14)23-19(24)12-4-2-1-3-5-12/h1-11H,(H,23,24)(H,25,26). The van der Waals surface area contributed by atoms with Crippen molar-refractivity contribution in [3.63, 3.8) is 0 Å². The number of hydrogen-bond donors (Lipinski definition) is 2. The van der Waals surface area contributed by atoms with E-state index in [1.165, 1.54) is 24.3 Å². The summed E-state index contributed by atoms with van der Waals surface area (Å²) in [6.07, 6.45) is 0. The molecular weight excluding hydrogens is 356 g/mol. The Bertz CT molecular complexity index is 1010. The minimum Gasteiger partial charge on any atom is -0.478 e. The minimum absolute atomic E-state index is 0.0106. The Morgan fingerprint density at radius 2 is 1.52 bits per heavy atom. The third-order valence-electron chi connectivity index (χ3n) is 3.63. The molecular formula is C20H13F2NO4. The Hall–Kier alpha value is -3.74. The van der Waals surface area contributed by atoms with Gasteiger partial charge in [-0.15, -0.1) is 0 Å². The highest BCUT2D eigenvalue weighted by Gasteiger charge is 2.15. The lowest BCUT2D eigenvalue weighted by molar-refractivity contribution is 0.0698. The van der Waals surface area contributed by atoms with Crippen molar-refractivity contribution in [3.05, 3.63) is 89.5 Å². The topological polar surface area (TPSA) is 75.6 Å². The van der Waals surface area contributed by atoms with Crippen molar-refractivity contribution in [3.8, 4) is 11.5 Å². The van der Waals surface area contributed by atoms with Crippen molar-refractivity contribution in [1.29, 1.82) is 0 Å². The molecule has 0 saturated carbocycles. The molecule has 0 saturated heterocycles. The molecule has 1 amide bonds. The molecule has 3 rings (SSSR count). The lowest BCUT2D eigenvalue weighted by atomic mass is 10.1. The van der Waals surface area contributed by atoms with E-state index in [1.54, 1.807) is 30.3 Å². The Morgan fingerprint density at radius 1 is 0.852 bits per heavy atom. The third kappa shape index (κ3) is 4.27. The molecule has 27 heavy (non-hydrogen) atoms. The fourth-order valence-electron chi connectivity index (χ4n) is 2.34. The molecule has 0 radical (unpaired) electrons. The van der Waals surface area contributed by atoms with Crippen molar-refractivity contribution in [2.75, 3.05) is 5.32 Å². The first kappa shape index (κ1) is 18.1. The number of amides is 1. The van der Waals surface area contributed by atoms with Crippen molar-refractivity contribution in [2.45, 2.75) is 0 Å². The summed E-state index contributed by atoms with van der Waals surface area (Å²) < 4.78 is 31.7. The van der Waals surface area contributed by atoms with Crippen LogP contribution >= 0.6 is 0 Å². The molecule has 0 fully saturated rings. The summed E-state index contributed by atoms with van der Waals surface area (Å²) in [6, 6.07) is 15.2. The zero-order valence-corrected chi connectivity index (χ0v) is 13.8. The second-order valence-electron chi connectivity index (χ2n) is 5.51. The number of ether oxygens (including phenoxy) is 1. The van der Waals surface area contributed by atoms with Crippen molar-refractivity contribution in [1.82, 2.24) is 0 Å². The van der Waals surface area contributed by atoms with Crippen LogP contribution in [0.2, 0.25) is 0 Å². The molecule has 136 valence electrons. The Morgan fingerprint density at radius 3 is 2.19 bits per heavy atom. The molecule has 0 atom stereocenters. The summed E-state index contributed by atoms with van der Waals surface area (Å²) in [5.74, 6) is -3.65. The maximum Gasteiger partial charge on any atom is 0.337 e. The van der Waals surface area contributed by atoms with Gasteiger partial charge in [-0.05, 0) is 36.4 Å². The molecule has 0 unspecified atom stereocenters. The van der Waals surface area contributed by atoms with Crippen molar-refractivity contribution in [2.24, 2.45) is 0 Å². The second kappa shape index (κ2) is 7.65. The van der Waals surface area contributed by atoms with E-state index in [9.17, 15) is 23.5 Å². The normalized spacial score (nSPS) is 10.3. The summed E-state index contributed by atoms with van der Waals surface area (Å²) in [6.45, 7) is 0. The van der Waals surface area contributed by atoms with Gasteiger partial charge in [0.2, 0.25) is 0 Å². The minimum atomic E-state index is -1.24. The first-order valence-electron chi connectivity index (χ1n) is 7.80. The number of carbonyl (C=O) groups is 2. The van der Waals surface area contributed by atoms with E-state index in [0.29, 0.717) is 5.56 Å². The predicted molar refractivity (Wildman–Crippen MR) is 94.2 cm³/mol. The number of carbonyl (C=O) groups excluding carboxylic acids is 1. The van der Waals surface area contributed by atoms with Crippen LogP contribution in [-0.4, -0.2) is 17.0 Å². The van der Waals surface area contributed by atoms with E-state index < -0.39 is 23.5 Å². The number of benzene rings is 3. The number of aromatic carboxylic acids is 1. The van der Waals surface area contributed by atoms with Crippen LogP contribution in [0.1, 0.15) is 20.7 Å². The highest BCUT2D eigenvalue weighted by atomic mass is 19.2. The van der Waals surface area contributed by atoms with E-state index in [2.05, 4.69) is 5.32 Å². The molecule has 0 aliphatic heterocycles. The zero-order chi connectivity index (χ0) is 19.4.